The Hall–Kier alpha value is -3.17. The Balaban J connectivity index is 1.31. The van der Waals surface area contributed by atoms with Crippen LogP contribution in [0, 0.1) is 0 Å². The first kappa shape index (κ1) is 24.9. The van der Waals surface area contributed by atoms with Gasteiger partial charge < -0.3 is 24.2 Å². The molecule has 0 radical (unpaired) electrons. The number of methoxy groups -OCH3 is 2. The molecule has 1 aromatic heterocycles. The molecule has 1 aliphatic heterocycles. The van der Waals surface area contributed by atoms with Gasteiger partial charge in [-0.25, -0.2) is 4.98 Å². The van der Waals surface area contributed by atoms with Crippen LogP contribution in [-0.2, 0) is 16.0 Å². The van der Waals surface area contributed by atoms with Crippen LogP contribution in [0.1, 0.15) is 17.8 Å². The second-order valence-electron chi connectivity index (χ2n) is 8.43. The average molecular weight is 496 g/mol. The fourth-order valence-electron chi connectivity index (χ4n) is 4.20. The standard InChI is InChI=1S/C26H33N5O3S/c1-33-19-18-31(26-27-24(28-35-26)20-21-8-4-3-5-9-21)13-12-25(32)30-16-14-29(15-17-30)22-10-6-7-11-23(22)34-2/h3-11H,12-20H2,1-2H3. The normalized spacial score (nSPS) is 13.7. The van der Waals surface area contributed by atoms with Gasteiger partial charge in [0.2, 0.25) is 11.0 Å². The van der Waals surface area contributed by atoms with Crippen LogP contribution < -0.4 is 14.5 Å². The van der Waals surface area contributed by atoms with Gasteiger partial charge in [-0.3, -0.25) is 4.79 Å². The smallest absolute Gasteiger partial charge is 0.224 e. The summed E-state index contributed by atoms with van der Waals surface area (Å²) in [6, 6.07) is 18.2. The molecule has 0 spiro atoms. The maximum absolute atomic E-state index is 13.0. The van der Waals surface area contributed by atoms with Gasteiger partial charge in [0.25, 0.3) is 0 Å². The van der Waals surface area contributed by atoms with E-state index < -0.39 is 0 Å². The number of carbonyl (C=O) groups is 1. The summed E-state index contributed by atoms with van der Waals surface area (Å²) in [5, 5.41) is 0.835. The zero-order valence-electron chi connectivity index (χ0n) is 20.4. The van der Waals surface area contributed by atoms with Gasteiger partial charge in [-0.2, -0.15) is 4.37 Å². The van der Waals surface area contributed by atoms with Gasteiger partial charge >= 0.3 is 0 Å². The minimum atomic E-state index is 0.168. The Morgan fingerprint density at radius 3 is 2.49 bits per heavy atom. The zero-order valence-corrected chi connectivity index (χ0v) is 21.2. The maximum atomic E-state index is 13.0. The molecular formula is C26H33N5O3S. The predicted molar refractivity (Wildman–Crippen MR) is 140 cm³/mol. The summed E-state index contributed by atoms with van der Waals surface area (Å²) in [6.45, 7) is 4.82. The van der Waals surface area contributed by atoms with Crippen molar-refractivity contribution in [2.24, 2.45) is 0 Å². The SMILES string of the molecule is COCCN(CCC(=O)N1CCN(c2ccccc2OC)CC1)c1nc(Cc2ccccc2)ns1. The molecule has 2 aromatic carbocycles. The molecule has 9 heteroatoms. The fourth-order valence-corrected chi connectivity index (χ4v) is 4.94. The number of amides is 1. The molecule has 3 aromatic rings. The Morgan fingerprint density at radius 2 is 1.74 bits per heavy atom. The third kappa shape index (κ3) is 6.70. The Kier molecular flexibility index (Phi) is 8.91. The molecule has 1 amide bonds. The van der Waals surface area contributed by atoms with Gasteiger partial charge in [0, 0.05) is 70.8 Å². The van der Waals surface area contributed by atoms with Crippen molar-refractivity contribution >= 4 is 28.3 Å². The van der Waals surface area contributed by atoms with E-state index >= 15 is 0 Å². The van der Waals surface area contributed by atoms with Crippen LogP contribution in [-0.4, -0.2) is 80.3 Å². The number of rotatable bonds is 11. The van der Waals surface area contributed by atoms with Crippen molar-refractivity contribution in [3.05, 3.63) is 66.0 Å². The summed E-state index contributed by atoms with van der Waals surface area (Å²) in [6.07, 6.45) is 1.14. The number of piperazine rings is 1. The second-order valence-corrected chi connectivity index (χ2v) is 9.16. The van der Waals surface area contributed by atoms with Gasteiger partial charge in [0.1, 0.15) is 11.6 Å². The predicted octanol–water partition coefficient (Wildman–Crippen LogP) is 3.33. The van der Waals surface area contributed by atoms with E-state index in [2.05, 4.69) is 32.4 Å². The van der Waals surface area contributed by atoms with Crippen LogP contribution in [0.3, 0.4) is 0 Å². The van der Waals surface area contributed by atoms with Crippen molar-refractivity contribution < 1.29 is 14.3 Å². The monoisotopic (exact) mass is 495 g/mol. The lowest BCUT2D eigenvalue weighted by Crippen LogP contribution is -2.49. The van der Waals surface area contributed by atoms with E-state index in [4.69, 9.17) is 14.5 Å². The van der Waals surface area contributed by atoms with E-state index in [0.717, 1.165) is 35.5 Å². The van der Waals surface area contributed by atoms with Gasteiger partial charge in [0.05, 0.1) is 19.4 Å². The van der Waals surface area contributed by atoms with Crippen molar-refractivity contribution in [2.75, 3.05) is 69.9 Å². The molecular weight excluding hydrogens is 462 g/mol. The zero-order chi connectivity index (χ0) is 24.5. The first-order valence-electron chi connectivity index (χ1n) is 11.9. The summed E-state index contributed by atoms with van der Waals surface area (Å²) >= 11 is 1.38. The molecule has 2 heterocycles. The molecule has 186 valence electrons. The van der Waals surface area contributed by atoms with E-state index in [1.165, 1.54) is 17.1 Å². The van der Waals surface area contributed by atoms with E-state index in [-0.39, 0.29) is 5.91 Å². The van der Waals surface area contributed by atoms with E-state index in [0.29, 0.717) is 45.6 Å². The highest BCUT2D eigenvalue weighted by Crippen LogP contribution is 2.28. The summed E-state index contributed by atoms with van der Waals surface area (Å²) in [4.78, 5) is 24.1. The highest BCUT2D eigenvalue weighted by molar-refractivity contribution is 7.09. The number of nitrogens with zero attached hydrogens (tertiary/aromatic N) is 5. The number of hydrogen-bond donors (Lipinski definition) is 0. The Bertz CT molecular complexity index is 1070. The second kappa shape index (κ2) is 12.5. The lowest BCUT2D eigenvalue weighted by Gasteiger charge is -2.37. The van der Waals surface area contributed by atoms with Gasteiger partial charge in [-0.1, -0.05) is 42.5 Å². The first-order valence-corrected chi connectivity index (χ1v) is 12.7. The van der Waals surface area contributed by atoms with Gasteiger partial charge in [-0.05, 0) is 17.7 Å². The van der Waals surface area contributed by atoms with Crippen molar-refractivity contribution in [3.63, 3.8) is 0 Å². The number of carbonyl (C=O) groups excluding carboxylic acids is 1. The number of hydrogen-bond acceptors (Lipinski definition) is 8. The van der Waals surface area contributed by atoms with E-state index in [1.54, 1.807) is 14.2 Å². The van der Waals surface area contributed by atoms with Crippen molar-refractivity contribution in [1.82, 2.24) is 14.3 Å². The van der Waals surface area contributed by atoms with Crippen LogP contribution >= 0.6 is 11.5 Å². The topological polar surface area (TPSA) is 71.0 Å². The molecule has 1 fully saturated rings. The molecule has 0 bridgehead atoms. The molecule has 0 atom stereocenters. The third-order valence-electron chi connectivity index (χ3n) is 6.15. The molecule has 0 saturated carbocycles. The molecule has 8 nitrogen and oxygen atoms in total. The summed E-state index contributed by atoms with van der Waals surface area (Å²) in [5.74, 6) is 1.84. The fraction of sp³-hybridized carbons (Fsp3) is 0.423. The van der Waals surface area contributed by atoms with Crippen molar-refractivity contribution in [1.29, 1.82) is 0 Å². The van der Waals surface area contributed by atoms with Crippen molar-refractivity contribution in [2.45, 2.75) is 12.8 Å². The Morgan fingerprint density at radius 1 is 1.00 bits per heavy atom. The number of anilines is 2. The molecule has 1 aliphatic rings. The molecule has 4 rings (SSSR count). The van der Waals surface area contributed by atoms with Crippen LogP contribution in [0.15, 0.2) is 54.6 Å². The minimum absolute atomic E-state index is 0.168. The van der Waals surface area contributed by atoms with Crippen LogP contribution in [0.25, 0.3) is 0 Å². The van der Waals surface area contributed by atoms with Gasteiger partial charge in [0.15, 0.2) is 0 Å². The molecule has 1 saturated heterocycles. The summed E-state index contributed by atoms with van der Waals surface area (Å²) < 4.78 is 15.3. The van der Waals surface area contributed by atoms with Gasteiger partial charge in [-0.15, -0.1) is 0 Å². The van der Waals surface area contributed by atoms with Crippen LogP contribution in [0.5, 0.6) is 5.75 Å². The van der Waals surface area contributed by atoms with E-state index in [9.17, 15) is 4.79 Å². The number of benzene rings is 2. The minimum Gasteiger partial charge on any atom is -0.495 e. The van der Waals surface area contributed by atoms with E-state index in [1.807, 2.05) is 41.3 Å². The Labute approximate surface area is 211 Å². The molecule has 0 N–H and O–H groups in total. The summed E-state index contributed by atoms with van der Waals surface area (Å²) in [5.41, 5.74) is 2.26. The highest BCUT2D eigenvalue weighted by Gasteiger charge is 2.23. The molecule has 35 heavy (non-hydrogen) atoms. The quantitative estimate of drug-likeness (QED) is 0.404. The number of para-hydroxylation sites is 2. The summed E-state index contributed by atoms with van der Waals surface area (Å²) in [7, 11) is 3.38. The van der Waals surface area contributed by atoms with Crippen LogP contribution in [0.2, 0.25) is 0 Å². The largest absolute Gasteiger partial charge is 0.495 e. The lowest BCUT2D eigenvalue weighted by molar-refractivity contribution is -0.131. The highest BCUT2D eigenvalue weighted by atomic mass is 32.1. The first-order chi connectivity index (χ1) is 17.2. The molecule has 0 unspecified atom stereocenters. The number of ether oxygens (including phenoxy) is 2. The third-order valence-corrected chi connectivity index (χ3v) is 6.97. The molecule has 0 aliphatic carbocycles. The number of aromatic nitrogens is 2. The average Bonchev–Trinajstić information content (AvgIpc) is 3.37. The van der Waals surface area contributed by atoms with Crippen molar-refractivity contribution in [3.8, 4) is 5.75 Å². The lowest BCUT2D eigenvalue weighted by atomic mass is 10.1. The maximum Gasteiger partial charge on any atom is 0.224 e. The van der Waals surface area contributed by atoms with Crippen LogP contribution in [0.4, 0.5) is 10.8 Å².